The van der Waals surface area contributed by atoms with Crippen LogP contribution in [0.5, 0.6) is 0 Å². The summed E-state index contributed by atoms with van der Waals surface area (Å²) < 4.78 is 26.5. The van der Waals surface area contributed by atoms with Gasteiger partial charge in [0.25, 0.3) is 0 Å². The average molecular weight is 345 g/mol. The molecule has 0 aliphatic carbocycles. The minimum Gasteiger partial charge on any atom is -0.364 e. The molecule has 1 aromatic rings. The van der Waals surface area contributed by atoms with Crippen LogP contribution in [0.15, 0.2) is 10.8 Å². The lowest BCUT2D eigenvalue weighted by Crippen LogP contribution is -2.11. The summed E-state index contributed by atoms with van der Waals surface area (Å²) in [6.45, 7) is 2.20. The van der Waals surface area contributed by atoms with Crippen LogP contribution in [0.2, 0.25) is 0 Å². The molecular formula is C16H28NO5P. The Labute approximate surface area is 138 Å². The molecule has 23 heavy (non-hydrogen) atoms. The Kier molecular flexibility index (Phi) is 9.37. The molecule has 0 N–H and O–H groups in total. The van der Waals surface area contributed by atoms with Crippen molar-refractivity contribution in [2.24, 2.45) is 0 Å². The van der Waals surface area contributed by atoms with E-state index in [1.54, 1.807) is 0 Å². The van der Waals surface area contributed by atoms with Gasteiger partial charge in [-0.1, -0.05) is 50.6 Å². The lowest BCUT2D eigenvalue weighted by atomic mass is 10.0. The van der Waals surface area contributed by atoms with Crippen molar-refractivity contribution in [3.8, 4) is 0 Å². The van der Waals surface area contributed by atoms with E-state index in [1.807, 2.05) is 0 Å². The molecule has 6 nitrogen and oxygen atoms in total. The summed E-state index contributed by atoms with van der Waals surface area (Å²) in [6, 6.07) is 0. The van der Waals surface area contributed by atoms with Gasteiger partial charge in [0.15, 0.2) is 11.5 Å². The standard InChI is InChI=1S/C16H28NO5P/c1-4-5-6-7-8-9-10-11-14-12-22-17-16(14)15(18)13-23(19,20-2)21-3/h12H,4-11,13H2,1-3H3. The molecule has 0 spiro atoms. The molecule has 0 amide bonds. The maximum atomic E-state index is 12.2. The first-order chi connectivity index (χ1) is 11.1. The Morgan fingerprint density at radius 3 is 2.35 bits per heavy atom. The number of carbonyl (C=O) groups excluding carboxylic acids is 1. The van der Waals surface area contributed by atoms with Gasteiger partial charge in [0, 0.05) is 19.8 Å². The molecule has 1 heterocycles. The SMILES string of the molecule is CCCCCCCCCc1conc1C(=O)CP(=O)(OC)OC. The first kappa shape index (κ1) is 20.1. The fourth-order valence-corrected chi connectivity index (χ4v) is 3.30. The molecule has 7 heteroatoms. The third kappa shape index (κ3) is 6.98. The predicted octanol–water partition coefficient (Wildman–Crippen LogP) is 4.64. The lowest BCUT2D eigenvalue weighted by Gasteiger charge is -2.11. The summed E-state index contributed by atoms with van der Waals surface area (Å²) in [5, 5.41) is 3.75. The van der Waals surface area contributed by atoms with Crippen molar-refractivity contribution >= 4 is 13.4 Å². The highest BCUT2D eigenvalue weighted by Crippen LogP contribution is 2.46. The van der Waals surface area contributed by atoms with Crippen LogP contribution in [0.1, 0.15) is 67.9 Å². The molecule has 132 valence electrons. The van der Waals surface area contributed by atoms with Crippen molar-refractivity contribution in [2.45, 2.75) is 58.3 Å². The number of unbranched alkanes of at least 4 members (excludes halogenated alkanes) is 6. The Bertz CT molecular complexity index is 506. The Morgan fingerprint density at radius 2 is 1.74 bits per heavy atom. The van der Waals surface area contributed by atoms with Crippen LogP contribution in [0.3, 0.4) is 0 Å². The van der Waals surface area contributed by atoms with Crippen LogP contribution in [0.25, 0.3) is 0 Å². The quantitative estimate of drug-likeness (QED) is 0.294. The number of hydrogen-bond acceptors (Lipinski definition) is 6. The molecule has 0 fully saturated rings. The summed E-state index contributed by atoms with van der Waals surface area (Å²) >= 11 is 0. The highest BCUT2D eigenvalue weighted by molar-refractivity contribution is 7.54. The van der Waals surface area contributed by atoms with Gasteiger partial charge in [-0.2, -0.15) is 0 Å². The third-order valence-corrected chi connectivity index (χ3v) is 5.64. The second kappa shape index (κ2) is 10.7. The summed E-state index contributed by atoms with van der Waals surface area (Å²) in [7, 11) is -0.849. The molecular weight excluding hydrogens is 317 g/mol. The molecule has 0 radical (unpaired) electrons. The van der Waals surface area contributed by atoms with E-state index in [9.17, 15) is 9.36 Å². The van der Waals surface area contributed by atoms with E-state index >= 15 is 0 Å². The van der Waals surface area contributed by atoms with Crippen LogP contribution < -0.4 is 0 Å². The van der Waals surface area contributed by atoms with Crippen LogP contribution in [0.4, 0.5) is 0 Å². The summed E-state index contributed by atoms with van der Waals surface area (Å²) in [5.41, 5.74) is 1.01. The van der Waals surface area contributed by atoms with E-state index in [4.69, 9.17) is 13.6 Å². The van der Waals surface area contributed by atoms with Gasteiger partial charge in [-0.25, -0.2) is 0 Å². The minimum atomic E-state index is -3.38. The van der Waals surface area contributed by atoms with Crippen molar-refractivity contribution in [2.75, 3.05) is 20.4 Å². The van der Waals surface area contributed by atoms with Crippen molar-refractivity contribution in [3.63, 3.8) is 0 Å². The van der Waals surface area contributed by atoms with Crippen molar-refractivity contribution < 1.29 is 22.9 Å². The highest BCUT2D eigenvalue weighted by Gasteiger charge is 2.29. The summed E-state index contributed by atoms with van der Waals surface area (Å²) in [6.07, 6.45) is 10.3. The zero-order valence-corrected chi connectivity index (χ0v) is 15.3. The van der Waals surface area contributed by atoms with E-state index in [0.717, 1.165) is 24.8 Å². The van der Waals surface area contributed by atoms with E-state index in [0.29, 0.717) is 0 Å². The fourth-order valence-electron chi connectivity index (χ4n) is 2.39. The second-order valence-corrected chi connectivity index (χ2v) is 7.89. The number of aromatic nitrogens is 1. The first-order valence-corrected chi connectivity index (χ1v) is 9.96. The predicted molar refractivity (Wildman–Crippen MR) is 89.0 cm³/mol. The molecule has 0 aliphatic heterocycles. The third-order valence-electron chi connectivity index (χ3n) is 3.85. The maximum Gasteiger partial charge on any atom is 0.337 e. The van der Waals surface area contributed by atoms with E-state index in [-0.39, 0.29) is 17.6 Å². The van der Waals surface area contributed by atoms with Gasteiger partial charge in [-0.05, 0) is 12.8 Å². The van der Waals surface area contributed by atoms with Crippen LogP contribution in [-0.2, 0) is 20.0 Å². The molecule has 0 saturated carbocycles. The second-order valence-electron chi connectivity index (χ2n) is 5.62. The molecule has 0 atom stereocenters. The normalized spacial score (nSPS) is 11.8. The Balaban J connectivity index is 2.44. The van der Waals surface area contributed by atoms with E-state index < -0.39 is 7.60 Å². The largest absolute Gasteiger partial charge is 0.364 e. The Hall–Kier alpha value is -0.970. The highest BCUT2D eigenvalue weighted by atomic mass is 31.2. The van der Waals surface area contributed by atoms with Gasteiger partial charge in [-0.15, -0.1) is 0 Å². The summed E-state index contributed by atoms with van der Waals surface area (Å²) in [4.78, 5) is 12.2. The molecule has 1 aromatic heterocycles. The fraction of sp³-hybridized carbons (Fsp3) is 0.750. The van der Waals surface area contributed by atoms with E-state index in [2.05, 4.69) is 12.1 Å². The van der Waals surface area contributed by atoms with Crippen molar-refractivity contribution in [1.29, 1.82) is 0 Å². The number of nitrogens with zero attached hydrogens (tertiary/aromatic N) is 1. The maximum absolute atomic E-state index is 12.2. The van der Waals surface area contributed by atoms with Gasteiger partial charge in [0.05, 0.1) is 0 Å². The topological polar surface area (TPSA) is 78.6 Å². The number of aryl methyl sites for hydroxylation is 1. The monoisotopic (exact) mass is 345 g/mol. The smallest absolute Gasteiger partial charge is 0.337 e. The zero-order valence-electron chi connectivity index (χ0n) is 14.4. The summed E-state index contributed by atoms with van der Waals surface area (Å²) in [5.74, 6) is -0.372. The number of Topliss-reactive ketones (excluding diaryl/α,β-unsaturated/α-hetero) is 1. The molecule has 1 rings (SSSR count). The molecule has 0 bridgehead atoms. The average Bonchev–Trinajstić information content (AvgIpc) is 3.02. The van der Waals surface area contributed by atoms with Crippen LogP contribution >= 0.6 is 7.60 Å². The van der Waals surface area contributed by atoms with Crippen molar-refractivity contribution in [3.05, 3.63) is 17.5 Å². The van der Waals surface area contributed by atoms with E-state index in [1.165, 1.54) is 52.6 Å². The van der Waals surface area contributed by atoms with Crippen LogP contribution in [0, 0.1) is 0 Å². The lowest BCUT2D eigenvalue weighted by molar-refractivity contribution is 0.0999. The van der Waals surface area contributed by atoms with Gasteiger partial charge in [-0.3, -0.25) is 9.36 Å². The van der Waals surface area contributed by atoms with Crippen LogP contribution in [-0.4, -0.2) is 31.3 Å². The van der Waals surface area contributed by atoms with Gasteiger partial charge >= 0.3 is 7.60 Å². The number of rotatable bonds is 13. The molecule has 0 saturated heterocycles. The first-order valence-electron chi connectivity index (χ1n) is 8.23. The molecule has 0 unspecified atom stereocenters. The van der Waals surface area contributed by atoms with Gasteiger partial charge in [0.1, 0.15) is 12.4 Å². The van der Waals surface area contributed by atoms with Crippen molar-refractivity contribution in [1.82, 2.24) is 5.16 Å². The Morgan fingerprint density at radius 1 is 1.13 bits per heavy atom. The zero-order chi connectivity index (χ0) is 17.1. The minimum absolute atomic E-state index is 0.241. The van der Waals surface area contributed by atoms with Gasteiger partial charge < -0.3 is 13.6 Å². The number of ketones is 1. The molecule has 0 aromatic carbocycles. The number of hydrogen-bond donors (Lipinski definition) is 0. The molecule has 0 aliphatic rings. The number of carbonyl (C=O) groups is 1. The van der Waals surface area contributed by atoms with Gasteiger partial charge in [0.2, 0.25) is 0 Å².